The fourth-order valence-electron chi connectivity index (χ4n) is 2.72. The highest BCUT2D eigenvalue weighted by Crippen LogP contribution is 2.37. The Labute approximate surface area is 134 Å². The lowest BCUT2D eigenvalue weighted by Gasteiger charge is -2.40. The number of piperidine rings is 1. The molecule has 1 aliphatic rings. The number of carbonyl (C=O) groups excluding carboxylic acids is 1. The number of likely N-dealkylation sites (tertiary alicyclic amines) is 1. The molecule has 0 atom stereocenters. The van der Waals surface area contributed by atoms with Crippen LogP contribution < -0.4 is 5.73 Å². The molecule has 1 amide bonds. The third kappa shape index (κ3) is 3.35. The highest BCUT2D eigenvalue weighted by Gasteiger charge is 2.42. The molecule has 0 saturated carbocycles. The Bertz CT molecular complexity index is 541. The molecule has 3 N–H and O–H groups in total. The summed E-state index contributed by atoms with van der Waals surface area (Å²) in [5, 5.41) is 16.4. The molecule has 2 rings (SSSR count). The molecule has 0 bridgehead atoms. The number of hydrogen-bond donors (Lipinski definition) is 2. The predicted octanol–water partition coefficient (Wildman–Crippen LogP) is 2.76. The van der Waals surface area contributed by atoms with Crippen molar-refractivity contribution >= 4 is 23.3 Å². The van der Waals surface area contributed by atoms with Crippen molar-refractivity contribution in [2.45, 2.75) is 44.6 Å². The van der Waals surface area contributed by atoms with E-state index < -0.39 is 11.0 Å². The largest absolute Gasteiger partial charge is 0.444 e. The zero-order valence-corrected chi connectivity index (χ0v) is 14.0. The van der Waals surface area contributed by atoms with Crippen LogP contribution in [0.15, 0.2) is 22.0 Å². The van der Waals surface area contributed by atoms with Gasteiger partial charge < -0.3 is 20.6 Å². The number of rotatable bonds is 2. The second-order valence-corrected chi connectivity index (χ2v) is 7.33. The monoisotopic (exact) mass is 325 g/mol. The van der Waals surface area contributed by atoms with E-state index >= 15 is 0 Å². The van der Waals surface area contributed by atoms with Crippen LogP contribution in [0.25, 0.3) is 0 Å². The summed E-state index contributed by atoms with van der Waals surface area (Å²) in [6.07, 6.45) is 0.906. The first-order chi connectivity index (χ1) is 10.3. The van der Waals surface area contributed by atoms with Gasteiger partial charge in [0.2, 0.25) is 0 Å². The van der Waals surface area contributed by atoms with Crippen LogP contribution in [0.1, 0.15) is 39.2 Å². The third-order valence-electron chi connectivity index (χ3n) is 3.94. The van der Waals surface area contributed by atoms with E-state index in [0.717, 1.165) is 5.56 Å². The maximum absolute atomic E-state index is 12.1. The lowest BCUT2D eigenvalue weighted by Crippen LogP contribution is -2.52. The van der Waals surface area contributed by atoms with Crippen molar-refractivity contribution in [1.29, 1.82) is 0 Å². The van der Waals surface area contributed by atoms with Gasteiger partial charge in [0.25, 0.3) is 0 Å². The smallest absolute Gasteiger partial charge is 0.410 e. The average Bonchev–Trinajstić information content (AvgIpc) is 2.99. The van der Waals surface area contributed by atoms with Gasteiger partial charge in [-0.2, -0.15) is 11.3 Å². The number of thiophene rings is 1. The molecule has 0 spiro atoms. The first kappa shape index (κ1) is 16.6. The SMILES string of the molecule is CC(C)(C)OC(=O)N1CCC(/C(N)=N/O)(c2ccsc2)CC1. The Hall–Kier alpha value is -1.76. The number of amides is 1. The van der Waals surface area contributed by atoms with Crippen molar-refractivity contribution in [2.75, 3.05) is 13.1 Å². The van der Waals surface area contributed by atoms with Crippen molar-refractivity contribution in [3.8, 4) is 0 Å². The van der Waals surface area contributed by atoms with E-state index in [1.165, 1.54) is 0 Å². The fourth-order valence-corrected chi connectivity index (χ4v) is 3.48. The van der Waals surface area contributed by atoms with Crippen LogP contribution in [0, 0.1) is 0 Å². The van der Waals surface area contributed by atoms with Crippen LogP contribution in [-0.2, 0) is 10.2 Å². The molecule has 2 heterocycles. The minimum absolute atomic E-state index is 0.203. The summed E-state index contributed by atoms with van der Waals surface area (Å²) in [4.78, 5) is 13.8. The highest BCUT2D eigenvalue weighted by atomic mass is 32.1. The standard InChI is InChI=1S/C15H23N3O3S/c1-14(2,3)21-13(19)18-7-5-15(6-8-18,12(16)17-20)11-4-9-22-10-11/h4,9-10,20H,5-8H2,1-3H3,(H2,16,17). The maximum atomic E-state index is 12.1. The number of ether oxygens (including phenoxy) is 1. The molecule has 1 aliphatic heterocycles. The van der Waals surface area contributed by atoms with Crippen molar-refractivity contribution in [3.05, 3.63) is 22.4 Å². The van der Waals surface area contributed by atoms with Gasteiger partial charge in [-0.1, -0.05) is 5.16 Å². The van der Waals surface area contributed by atoms with Crippen molar-refractivity contribution in [1.82, 2.24) is 4.90 Å². The Morgan fingerprint density at radius 1 is 1.45 bits per heavy atom. The summed E-state index contributed by atoms with van der Waals surface area (Å²) in [6.45, 7) is 6.57. The molecular formula is C15H23N3O3S. The van der Waals surface area contributed by atoms with Crippen LogP contribution in [0.2, 0.25) is 0 Å². The third-order valence-corrected chi connectivity index (χ3v) is 4.62. The van der Waals surface area contributed by atoms with E-state index in [1.54, 1.807) is 16.2 Å². The quantitative estimate of drug-likeness (QED) is 0.379. The number of oxime groups is 1. The minimum atomic E-state index is -0.509. The van der Waals surface area contributed by atoms with Crippen molar-refractivity contribution < 1.29 is 14.7 Å². The van der Waals surface area contributed by atoms with Crippen LogP contribution in [0.4, 0.5) is 4.79 Å². The van der Waals surface area contributed by atoms with Gasteiger partial charge in [-0.3, -0.25) is 0 Å². The predicted molar refractivity (Wildman–Crippen MR) is 86.4 cm³/mol. The van der Waals surface area contributed by atoms with E-state index in [0.29, 0.717) is 25.9 Å². The molecule has 22 heavy (non-hydrogen) atoms. The molecule has 0 radical (unpaired) electrons. The van der Waals surface area contributed by atoms with Gasteiger partial charge in [0.1, 0.15) is 11.4 Å². The Morgan fingerprint density at radius 2 is 2.09 bits per heavy atom. The molecule has 0 aliphatic carbocycles. The summed E-state index contributed by atoms with van der Waals surface area (Å²) >= 11 is 1.58. The molecule has 0 aromatic carbocycles. The normalized spacial score (nSPS) is 19.0. The number of nitrogens with zero attached hydrogens (tertiary/aromatic N) is 2. The summed E-state index contributed by atoms with van der Waals surface area (Å²) in [5.41, 5.74) is 5.99. The van der Waals surface area contributed by atoms with Crippen LogP contribution in [0.5, 0.6) is 0 Å². The highest BCUT2D eigenvalue weighted by molar-refractivity contribution is 7.08. The molecular weight excluding hydrogens is 302 g/mol. The van der Waals surface area contributed by atoms with Gasteiger partial charge in [-0.05, 0) is 56.0 Å². The number of carbonyl (C=O) groups is 1. The summed E-state index contributed by atoms with van der Waals surface area (Å²) in [7, 11) is 0. The van der Waals surface area contributed by atoms with Crippen LogP contribution in [-0.4, -0.2) is 40.7 Å². The van der Waals surface area contributed by atoms with E-state index in [-0.39, 0.29) is 11.9 Å². The molecule has 1 aromatic rings. The first-order valence-corrected chi connectivity index (χ1v) is 8.21. The summed E-state index contributed by atoms with van der Waals surface area (Å²) in [5.74, 6) is 0.203. The molecule has 1 aromatic heterocycles. The minimum Gasteiger partial charge on any atom is -0.444 e. The Morgan fingerprint density at radius 3 is 2.55 bits per heavy atom. The van der Waals surface area contributed by atoms with E-state index in [1.807, 2.05) is 37.6 Å². The lowest BCUT2D eigenvalue weighted by atomic mass is 9.73. The van der Waals surface area contributed by atoms with E-state index in [9.17, 15) is 4.79 Å². The van der Waals surface area contributed by atoms with Crippen molar-refractivity contribution in [2.24, 2.45) is 10.9 Å². The molecule has 1 fully saturated rings. The molecule has 1 saturated heterocycles. The van der Waals surface area contributed by atoms with Gasteiger partial charge in [0.05, 0.1) is 5.41 Å². The number of nitrogens with two attached hydrogens (primary N) is 1. The van der Waals surface area contributed by atoms with Gasteiger partial charge in [-0.15, -0.1) is 0 Å². The second-order valence-electron chi connectivity index (χ2n) is 6.55. The van der Waals surface area contributed by atoms with Crippen LogP contribution >= 0.6 is 11.3 Å². The van der Waals surface area contributed by atoms with Gasteiger partial charge in [-0.25, -0.2) is 4.79 Å². The molecule has 0 unspecified atom stereocenters. The Balaban J connectivity index is 2.13. The second kappa shape index (κ2) is 6.16. The van der Waals surface area contributed by atoms with Gasteiger partial charge >= 0.3 is 6.09 Å². The van der Waals surface area contributed by atoms with E-state index in [4.69, 9.17) is 15.7 Å². The molecule has 122 valence electrons. The maximum Gasteiger partial charge on any atom is 0.410 e. The zero-order chi connectivity index (χ0) is 16.4. The summed E-state index contributed by atoms with van der Waals surface area (Å²) < 4.78 is 5.40. The number of hydrogen-bond acceptors (Lipinski definition) is 5. The van der Waals surface area contributed by atoms with Crippen molar-refractivity contribution in [3.63, 3.8) is 0 Å². The fraction of sp³-hybridized carbons (Fsp3) is 0.600. The first-order valence-electron chi connectivity index (χ1n) is 7.27. The Kier molecular flexibility index (Phi) is 4.65. The number of amidine groups is 1. The topological polar surface area (TPSA) is 88.2 Å². The molecule has 7 heteroatoms. The van der Waals surface area contributed by atoms with Crippen LogP contribution in [0.3, 0.4) is 0 Å². The zero-order valence-electron chi connectivity index (χ0n) is 13.2. The summed E-state index contributed by atoms with van der Waals surface area (Å²) in [6, 6.07) is 1.99. The average molecular weight is 325 g/mol. The van der Waals surface area contributed by atoms with E-state index in [2.05, 4.69) is 5.16 Å². The lowest BCUT2D eigenvalue weighted by molar-refractivity contribution is 0.0188. The van der Waals surface area contributed by atoms with Gasteiger partial charge in [0.15, 0.2) is 0 Å². The van der Waals surface area contributed by atoms with Gasteiger partial charge in [0, 0.05) is 13.1 Å². The molecule has 6 nitrogen and oxygen atoms in total.